The predicted octanol–water partition coefficient (Wildman–Crippen LogP) is 1.17. The standard InChI is InChI=1S/C12H26N2O2S/c1-5-11(6-2)14-12(15)10(4)17(16)9(3)7-8-13/h9-11H,5-8,13H2,1-4H3,(H,14,15). The summed E-state index contributed by atoms with van der Waals surface area (Å²) in [5, 5.41) is 2.44. The van der Waals surface area contributed by atoms with Crippen LogP contribution in [0.2, 0.25) is 0 Å². The molecule has 0 rings (SSSR count). The summed E-state index contributed by atoms with van der Waals surface area (Å²) in [6.45, 7) is 8.18. The van der Waals surface area contributed by atoms with Gasteiger partial charge in [-0.15, -0.1) is 0 Å². The first-order valence-corrected chi connectivity index (χ1v) is 7.65. The summed E-state index contributed by atoms with van der Waals surface area (Å²) in [7, 11) is -1.15. The van der Waals surface area contributed by atoms with E-state index in [2.05, 4.69) is 5.32 Å². The quantitative estimate of drug-likeness (QED) is 0.689. The monoisotopic (exact) mass is 262 g/mol. The number of amides is 1. The zero-order chi connectivity index (χ0) is 13.4. The zero-order valence-electron chi connectivity index (χ0n) is 11.4. The number of hydrogen-bond acceptors (Lipinski definition) is 3. The van der Waals surface area contributed by atoms with Crippen LogP contribution in [0, 0.1) is 0 Å². The van der Waals surface area contributed by atoms with Crippen LogP contribution in [-0.4, -0.2) is 33.2 Å². The van der Waals surface area contributed by atoms with Crippen LogP contribution in [0.4, 0.5) is 0 Å². The van der Waals surface area contributed by atoms with Crippen molar-refractivity contribution in [3.63, 3.8) is 0 Å². The van der Waals surface area contributed by atoms with Crippen molar-refractivity contribution in [1.82, 2.24) is 5.32 Å². The fourth-order valence-electron chi connectivity index (χ4n) is 1.62. The van der Waals surface area contributed by atoms with Gasteiger partial charge in [0.05, 0.1) is 0 Å². The molecule has 3 atom stereocenters. The van der Waals surface area contributed by atoms with Gasteiger partial charge in [-0.25, -0.2) is 0 Å². The highest BCUT2D eigenvalue weighted by Gasteiger charge is 2.25. The van der Waals surface area contributed by atoms with E-state index in [1.165, 1.54) is 0 Å². The van der Waals surface area contributed by atoms with Crippen molar-refractivity contribution in [2.45, 2.75) is 63.5 Å². The van der Waals surface area contributed by atoms with Crippen LogP contribution in [0.15, 0.2) is 0 Å². The average Bonchev–Trinajstić information content (AvgIpc) is 2.33. The molecule has 0 aromatic heterocycles. The van der Waals surface area contributed by atoms with Crippen LogP contribution in [0.3, 0.4) is 0 Å². The lowest BCUT2D eigenvalue weighted by molar-refractivity contribution is -0.121. The molecule has 0 aliphatic rings. The van der Waals surface area contributed by atoms with Gasteiger partial charge in [0.25, 0.3) is 0 Å². The highest BCUT2D eigenvalue weighted by molar-refractivity contribution is 7.87. The van der Waals surface area contributed by atoms with Crippen molar-refractivity contribution < 1.29 is 9.00 Å². The highest BCUT2D eigenvalue weighted by atomic mass is 32.2. The van der Waals surface area contributed by atoms with Gasteiger partial charge in [0, 0.05) is 22.1 Å². The third kappa shape index (κ3) is 5.64. The van der Waals surface area contributed by atoms with Crippen molar-refractivity contribution in [1.29, 1.82) is 0 Å². The van der Waals surface area contributed by atoms with E-state index in [0.717, 1.165) is 12.8 Å². The Morgan fingerprint density at radius 1 is 1.29 bits per heavy atom. The number of hydrogen-bond donors (Lipinski definition) is 2. The van der Waals surface area contributed by atoms with Gasteiger partial charge < -0.3 is 11.1 Å². The maximum absolute atomic E-state index is 12.0. The topological polar surface area (TPSA) is 72.2 Å². The Bertz CT molecular complexity index is 255. The van der Waals surface area contributed by atoms with E-state index < -0.39 is 16.0 Å². The van der Waals surface area contributed by atoms with Gasteiger partial charge >= 0.3 is 0 Å². The second kappa shape index (κ2) is 8.64. The van der Waals surface area contributed by atoms with E-state index in [-0.39, 0.29) is 17.2 Å². The maximum Gasteiger partial charge on any atom is 0.235 e. The Kier molecular flexibility index (Phi) is 8.43. The number of nitrogens with one attached hydrogen (secondary N) is 1. The molecule has 0 heterocycles. The largest absolute Gasteiger partial charge is 0.352 e. The van der Waals surface area contributed by atoms with E-state index >= 15 is 0 Å². The van der Waals surface area contributed by atoms with Crippen LogP contribution >= 0.6 is 0 Å². The molecule has 0 aliphatic carbocycles. The molecule has 0 fully saturated rings. The summed E-state index contributed by atoms with van der Waals surface area (Å²) in [6.07, 6.45) is 2.50. The van der Waals surface area contributed by atoms with Crippen LogP contribution < -0.4 is 11.1 Å². The van der Waals surface area contributed by atoms with Crippen molar-refractivity contribution in [2.75, 3.05) is 6.54 Å². The highest BCUT2D eigenvalue weighted by Crippen LogP contribution is 2.08. The summed E-state index contributed by atoms with van der Waals surface area (Å²) in [5.74, 6) is -0.110. The SMILES string of the molecule is CCC(CC)NC(=O)C(C)S(=O)C(C)CCN. The first-order chi connectivity index (χ1) is 7.97. The molecule has 1 amide bonds. The minimum atomic E-state index is -1.15. The molecule has 0 spiro atoms. The maximum atomic E-state index is 12.0. The number of nitrogens with two attached hydrogens (primary N) is 1. The van der Waals surface area contributed by atoms with Crippen molar-refractivity contribution >= 4 is 16.7 Å². The van der Waals surface area contributed by atoms with Crippen molar-refractivity contribution in [3.05, 3.63) is 0 Å². The molecule has 3 N–H and O–H groups in total. The summed E-state index contributed by atoms with van der Waals surface area (Å²) >= 11 is 0. The lowest BCUT2D eigenvalue weighted by Gasteiger charge is -2.20. The van der Waals surface area contributed by atoms with Crippen LogP contribution in [0.5, 0.6) is 0 Å². The first kappa shape index (κ1) is 16.6. The Morgan fingerprint density at radius 3 is 2.24 bits per heavy atom. The molecule has 0 aromatic rings. The minimum absolute atomic E-state index is 0.0255. The fourth-order valence-corrected chi connectivity index (χ4v) is 2.96. The lowest BCUT2D eigenvalue weighted by atomic mass is 10.2. The van der Waals surface area contributed by atoms with E-state index in [1.54, 1.807) is 6.92 Å². The van der Waals surface area contributed by atoms with Gasteiger partial charge in [-0.1, -0.05) is 20.8 Å². The van der Waals surface area contributed by atoms with Gasteiger partial charge in [-0.3, -0.25) is 9.00 Å². The van der Waals surface area contributed by atoms with E-state index in [1.807, 2.05) is 20.8 Å². The summed E-state index contributed by atoms with van der Waals surface area (Å²) in [6, 6.07) is 0.187. The van der Waals surface area contributed by atoms with Gasteiger partial charge in [0.15, 0.2) is 0 Å². The summed E-state index contributed by atoms with van der Waals surface area (Å²) in [5.41, 5.74) is 5.43. The minimum Gasteiger partial charge on any atom is -0.352 e. The molecular weight excluding hydrogens is 236 g/mol. The third-order valence-electron chi connectivity index (χ3n) is 3.02. The molecule has 0 aromatic carbocycles. The van der Waals surface area contributed by atoms with E-state index in [4.69, 9.17) is 5.73 Å². The number of rotatable bonds is 8. The van der Waals surface area contributed by atoms with Gasteiger partial charge in [-0.2, -0.15) is 0 Å². The average molecular weight is 262 g/mol. The number of carbonyl (C=O) groups excluding carboxylic acids is 1. The Labute approximate surface area is 107 Å². The summed E-state index contributed by atoms with van der Waals surface area (Å²) < 4.78 is 12.0. The molecule has 0 saturated heterocycles. The first-order valence-electron chi connectivity index (χ1n) is 6.37. The summed E-state index contributed by atoms with van der Waals surface area (Å²) in [4.78, 5) is 11.9. The second-order valence-corrected chi connectivity index (χ2v) is 6.55. The molecule has 3 unspecified atom stereocenters. The van der Waals surface area contributed by atoms with Gasteiger partial charge in [0.2, 0.25) is 5.91 Å². The Balaban J connectivity index is 4.33. The van der Waals surface area contributed by atoms with E-state index in [9.17, 15) is 9.00 Å². The van der Waals surface area contributed by atoms with Crippen molar-refractivity contribution in [3.8, 4) is 0 Å². The smallest absolute Gasteiger partial charge is 0.235 e. The molecule has 4 nitrogen and oxygen atoms in total. The Hall–Kier alpha value is -0.420. The molecule has 0 aliphatic heterocycles. The zero-order valence-corrected chi connectivity index (χ0v) is 12.2. The third-order valence-corrected chi connectivity index (χ3v) is 4.96. The molecule has 0 bridgehead atoms. The number of carbonyl (C=O) groups is 1. The van der Waals surface area contributed by atoms with Gasteiger partial charge in [-0.05, 0) is 32.7 Å². The molecule has 0 radical (unpaired) electrons. The van der Waals surface area contributed by atoms with E-state index in [0.29, 0.717) is 13.0 Å². The normalized spacial score (nSPS) is 16.6. The molecule has 17 heavy (non-hydrogen) atoms. The van der Waals surface area contributed by atoms with Crippen LogP contribution in [0.25, 0.3) is 0 Å². The van der Waals surface area contributed by atoms with Crippen LogP contribution in [0.1, 0.15) is 47.0 Å². The van der Waals surface area contributed by atoms with Gasteiger partial charge in [0.1, 0.15) is 5.25 Å². The van der Waals surface area contributed by atoms with Crippen molar-refractivity contribution in [2.24, 2.45) is 5.73 Å². The fraction of sp³-hybridized carbons (Fsp3) is 0.917. The second-order valence-electron chi connectivity index (χ2n) is 4.38. The molecule has 102 valence electrons. The Morgan fingerprint density at radius 2 is 1.82 bits per heavy atom. The predicted molar refractivity (Wildman–Crippen MR) is 73.3 cm³/mol. The lowest BCUT2D eigenvalue weighted by Crippen LogP contribution is -2.43. The van der Waals surface area contributed by atoms with Crippen LogP contribution in [-0.2, 0) is 15.6 Å². The molecule has 5 heteroatoms. The molecular formula is C12H26N2O2S. The molecule has 0 saturated carbocycles.